The highest BCUT2D eigenvalue weighted by atomic mass is 16.5. The second-order valence-corrected chi connectivity index (χ2v) is 10.6. The molecule has 1 saturated carbocycles. The highest BCUT2D eigenvalue weighted by Crippen LogP contribution is 2.44. The topological polar surface area (TPSA) is 105 Å². The number of ether oxygens (including phenoxy) is 1. The number of aliphatic carboxylic acids is 1. The third kappa shape index (κ3) is 6.21. The molecule has 3 N–H and O–H groups in total. The first-order valence-corrected chi connectivity index (χ1v) is 12.3. The Morgan fingerprint density at radius 2 is 1.60 bits per heavy atom. The van der Waals surface area contributed by atoms with Crippen molar-refractivity contribution in [3.8, 4) is 11.1 Å². The van der Waals surface area contributed by atoms with E-state index in [-0.39, 0.29) is 36.7 Å². The molecule has 0 aromatic heterocycles. The number of hydrogen-bond acceptors (Lipinski definition) is 4. The summed E-state index contributed by atoms with van der Waals surface area (Å²) < 4.78 is 5.64. The van der Waals surface area contributed by atoms with Crippen molar-refractivity contribution < 1.29 is 24.2 Å². The zero-order chi connectivity index (χ0) is 25.1. The van der Waals surface area contributed by atoms with Crippen molar-refractivity contribution in [3.05, 3.63) is 59.7 Å². The monoisotopic (exact) mass is 478 g/mol. The van der Waals surface area contributed by atoms with E-state index in [9.17, 15) is 14.4 Å². The first-order chi connectivity index (χ1) is 16.7. The van der Waals surface area contributed by atoms with E-state index in [0.29, 0.717) is 19.4 Å². The molecule has 2 aliphatic carbocycles. The number of carbonyl (C=O) groups excluding carboxylic acids is 2. The van der Waals surface area contributed by atoms with E-state index in [1.807, 2.05) is 38.1 Å². The minimum absolute atomic E-state index is 0.00363. The fourth-order valence-corrected chi connectivity index (χ4v) is 4.83. The number of rotatable bonds is 11. The van der Waals surface area contributed by atoms with Gasteiger partial charge in [-0.05, 0) is 53.4 Å². The smallest absolute Gasteiger partial charge is 0.407 e. The molecule has 2 amide bonds. The molecular weight excluding hydrogens is 444 g/mol. The van der Waals surface area contributed by atoms with Gasteiger partial charge in [-0.3, -0.25) is 9.59 Å². The van der Waals surface area contributed by atoms with Gasteiger partial charge in [-0.1, -0.05) is 62.4 Å². The molecule has 0 bridgehead atoms. The predicted molar refractivity (Wildman–Crippen MR) is 133 cm³/mol. The summed E-state index contributed by atoms with van der Waals surface area (Å²) in [5.41, 5.74) is 3.98. The maximum Gasteiger partial charge on any atom is 0.407 e. The van der Waals surface area contributed by atoms with E-state index in [4.69, 9.17) is 9.84 Å². The van der Waals surface area contributed by atoms with Gasteiger partial charge in [0.05, 0.1) is 5.54 Å². The molecule has 2 aromatic carbocycles. The standard InChI is InChI=1S/C28H34N2O5/c1-27(2,12-11-25(32)33)15-16-29-24(31)17-28(13-14-28)30-26(34)35-18-23-21-9-5-3-7-19(21)20-8-4-6-10-22(20)23/h3-10,23H,11-18H2,1-2H3,(H,29,31)(H,30,34)(H,32,33). The molecule has 0 radical (unpaired) electrons. The summed E-state index contributed by atoms with van der Waals surface area (Å²) in [5.74, 6) is -0.927. The highest BCUT2D eigenvalue weighted by Gasteiger charge is 2.46. The molecule has 0 saturated heterocycles. The quantitative estimate of drug-likeness (QED) is 0.428. The van der Waals surface area contributed by atoms with E-state index in [2.05, 4.69) is 34.9 Å². The van der Waals surface area contributed by atoms with Crippen LogP contribution in [0.15, 0.2) is 48.5 Å². The molecule has 2 aromatic rings. The zero-order valence-corrected chi connectivity index (χ0v) is 20.4. The van der Waals surface area contributed by atoms with Crippen molar-refractivity contribution in [2.75, 3.05) is 13.2 Å². The largest absolute Gasteiger partial charge is 0.481 e. The number of benzene rings is 2. The summed E-state index contributed by atoms with van der Waals surface area (Å²) in [7, 11) is 0. The molecule has 1 fully saturated rings. The van der Waals surface area contributed by atoms with Gasteiger partial charge < -0.3 is 20.5 Å². The molecule has 7 heteroatoms. The Morgan fingerprint density at radius 1 is 1.00 bits per heavy atom. The van der Waals surface area contributed by atoms with Crippen LogP contribution in [-0.4, -0.2) is 41.8 Å². The van der Waals surface area contributed by atoms with Gasteiger partial charge in [-0.25, -0.2) is 4.79 Å². The van der Waals surface area contributed by atoms with Crippen molar-refractivity contribution in [1.29, 1.82) is 0 Å². The van der Waals surface area contributed by atoms with Crippen LogP contribution in [0.2, 0.25) is 0 Å². The first-order valence-electron chi connectivity index (χ1n) is 12.3. The fourth-order valence-electron chi connectivity index (χ4n) is 4.83. The number of carboxylic acid groups (broad SMARTS) is 1. The molecule has 0 spiro atoms. The summed E-state index contributed by atoms with van der Waals surface area (Å²) >= 11 is 0. The Morgan fingerprint density at radius 3 is 2.17 bits per heavy atom. The Labute approximate surface area is 206 Å². The second kappa shape index (κ2) is 10.1. The van der Waals surface area contributed by atoms with Crippen LogP contribution in [0.3, 0.4) is 0 Å². The molecule has 0 unspecified atom stereocenters. The Hall–Kier alpha value is -3.35. The van der Waals surface area contributed by atoms with Gasteiger partial charge in [0.2, 0.25) is 5.91 Å². The van der Waals surface area contributed by atoms with Crippen molar-refractivity contribution >= 4 is 18.0 Å². The highest BCUT2D eigenvalue weighted by molar-refractivity contribution is 5.80. The van der Waals surface area contributed by atoms with Crippen LogP contribution < -0.4 is 10.6 Å². The van der Waals surface area contributed by atoms with E-state index >= 15 is 0 Å². The van der Waals surface area contributed by atoms with E-state index in [1.165, 1.54) is 11.1 Å². The number of carbonyl (C=O) groups is 3. The predicted octanol–water partition coefficient (Wildman–Crippen LogP) is 4.85. The zero-order valence-electron chi connectivity index (χ0n) is 20.4. The first kappa shape index (κ1) is 24.8. The van der Waals surface area contributed by atoms with Crippen molar-refractivity contribution in [2.45, 2.75) is 63.8 Å². The van der Waals surface area contributed by atoms with Gasteiger partial charge in [0, 0.05) is 25.3 Å². The summed E-state index contributed by atoms with van der Waals surface area (Å²) in [6.07, 6.45) is 2.58. The molecule has 35 heavy (non-hydrogen) atoms. The lowest BCUT2D eigenvalue weighted by Gasteiger charge is -2.24. The molecular formula is C28H34N2O5. The minimum atomic E-state index is -0.808. The lowest BCUT2D eigenvalue weighted by molar-refractivity contribution is -0.137. The summed E-state index contributed by atoms with van der Waals surface area (Å²) in [5, 5.41) is 14.7. The SMILES string of the molecule is CC(C)(CCNC(=O)CC1(NC(=O)OCC2c3ccccc3-c3ccccc32)CC1)CCC(=O)O. The second-order valence-electron chi connectivity index (χ2n) is 10.6. The molecule has 4 rings (SSSR count). The van der Waals surface area contributed by atoms with Gasteiger partial charge in [-0.2, -0.15) is 0 Å². The number of nitrogens with one attached hydrogen (secondary N) is 2. The average molecular weight is 479 g/mol. The summed E-state index contributed by atoms with van der Waals surface area (Å²) in [6.45, 7) is 4.73. The number of carboxylic acids is 1. The third-order valence-corrected chi connectivity index (χ3v) is 7.20. The Balaban J connectivity index is 1.24. The molecule has 0 atom stereocenters. The van der Waals surface area contributed by atoms with Crippen LogP contribution in [-0.2, 0) is 14.3 Å². The third-order valence-electron chi connectivity index (χ3n) is 7.20. The molecule has 2 aliphatic rings. The Kier molecular flexibility index (Phi) is 7.15. The molecule has 0 heterocycles. The van der Waals surface area contributed by atoms with Crippen LogP contribution in [0.4, 0.5) is 4.79 Å². The molecule has 7 nitrogen and oxygen atoms in total. The number of fused-ring (bicyclic) bond motifs is 3. The average Bonchev–Trinajstić information content (AvgIpc) is 3.48. The molecule has 186 valence electrons. The van der Waals surface area contributed by atoms with Crippen molar-refractivity contribution in [1.82, 2.24) is 10.6 Å². The number of amides is 2. The minimum Gasteiger partial charge on any atom is -0.481 e. The summed E-state index contributed by atoms with van der Waals surface area (Å²) in [4.78, 5) is 35.9. The van der Waals surface area contributed by atoms with Crippen LogP contribution >= 0.6 is 0 Å². The molecule has 0 aliphatic heterocycles. The van der Waals surface area contributed by atoms with E-state index < -0.39 is 17.6 Å². The van der Waals surface area contributed by atoms with Crippen LogP contribution in [0.25, 0.3) is 11.1 Å². The van der Waals surface area contributed by atoms with Crippen molar-refractivity contribution in [2.24, 2.45) is 5.41 Å². The maximum atomic E-state index is 12.6. The van der Waals surface area contributed by atoms with Gasteiger partial charge in [0.1, 0.15) is 6.61 Å². The van der Waals surface area contributed by atoms with Crippen molar-refractivity contribution in [3.63, 3.8) is 0 Å². The number of alkyl carbamates (subject to hydrolysis) is 1. The van der Waals surface area contributed by atoms with Gasteiger partial charge in [0.25, 0.3) is 0 Å². The van der Waals surface area contributed by atoms with Gasteiger partial charge in [0.15, 0.2) is 0 Å². The lowest BCUT2D eigenvalue weighted by atomic mass is 9.84. The van der Waals surface area contributed by atoms with E-state index in [0.717, 1.165) is 24.0 Å². The van der Waals surface area contributed by atoms with Crippen LogP contribution in [0.1, 0.15) is 69.4 Å². The lowest BCUT2D eigenvalue weighted by Crippen LogP contribution is -2.42. The normalized spacial score (nSPS) is 15.6. The van der Waals surface area contributed by atoms with Crippen LogP contribution in [0, 0.1) is 5.41 Å². The maximum absolute atomic E-state index is 12.6. The number of hydrogen-bond donors (Lipinski definition) is 3. The summed E-state index contributed by atoms with van der Waals surface area (Å²) in [6, 6.07) is 16.4. The van der Waals surface area contributed by atoms with Gasteiger partial charge >= 0.3 is 12.1 Å². The van der Waals surface area contributed by atoms with Gasteiger partial charge in [-0.15, -0.1) is 0 Å². The van der Waals surface area contributed by atoms with Crippen LogP contribution in [0.5, 0.6) is 0 Å². The van der Waals surface area contributed by atoms with E-state index in [1.54, 1.807) is 0 Å². The fraction of sp³-hybridized carbons (Fsp3) is 0.464. The Bertz CT molecular complexity index is 1060.